The summed E-state index contributed by atoms with van der Waals surface area (Å²) in [6.45, 7) is 6.13. The zero-order valence-corrected chi connectivity index (χ0v) is 16.5. The molecule has 148 valence electrons. The standard InChI is InChI=1S/C19H20ClN9/c1-2-4-16(20)5-3-9-28-18(13-29-23-7-8-24-29)25-26-19(28)27-10-6-15-11-21-14-22-17(15)12-27/h2-5,7-8,11,14H,1,6,9-10,12-13H2/b5-3-,16-4+. The summed E-state index contributed by atoms with van der Waals surface area (Å²) >= 11 is 6.13. The van der Waals surface area contributed by atoms with Gasteiger partial charge in [-0.25, -0.2) is 9.97 Å². The third-order valence-electron chi connectivity index (χ3n) is 4.56. The fraction of sp³-hybridized carbons (Fsp3) is 0.263. The third-order valence-corrected chi connectivity index (χ3v) is 4.81. The van der Waals surface area contributed by atoms with Gasteiger partial charge in [0.25, 0.3) is 0 Å². The van der Waals surface area contributed by atoms with Crippen molar-refractivity contribution in [3.05, 3.63) is 77.9 Å². The van der Waals surface area contributed by atoms with Crippen molar-refractivity contribution in [3.8, 4) is 0 Å². The highest BCUT2D eigenvalue weighted by molar-refractivity contribution is 6.31. The largest absolute Gasteiger partial charge is 0.335 e. The monoisotopic (exact) mass is 409 g/mol. The molecule has 0 saturated heterocycles. The lowest BCUT2D eigenvalue weighted by Crippen LogP contribution is -2.33. The van der Waals surface area contributed by atoms with Crippen LogP contribution in [-0.2, 0) is 26.1 Å². The lowest BCUT2D eigenvalue weighted by molar-refractivity contribution is 0.548. The smallest absolute Gasteiger partial charge is 0.227 e. The van der Waals surface area contributed by atoms with Gasteiger partial charge >= 0.3 is 0 Å². The number of fused-ring (bicyclic) bond motifs is 1. The Morgan fingerprint density at radius 3 is 2.93 bits per heavy atom. The van der Waals surface area contributed by atoms with Gasteiger partial charge in [-0.1, -0.05) is 30.3 Å². The number of rotatable bonds is 7. The van der Waals surface area contributed by atoms with Crippen molar-refractivity contribution in [3.63, 3.8) is 0 Å². The molecule has 0 radical (unpaired) electrons. The molecule has 0 N–H and O–H groups in total. The average molecular weight is 410 g/mol. The van der Waals surface area contributed by atoms with Gasteiger partial charge in [0, 0.05) is 24.3 Å². The van der Waals surface area contributed by atoms with Crippen molar-refractivity contribution in [2.24, 2.45) is 0 Å². The van der Waals surface area contributed by atoms with Crippen LogP contribution in [-0.4, -0.2) is 46.3 Å². The SMILES string of the molecule is C=C/C=C(Cl)\C=C/Cn1c(Cn2nccn2)nnc1N1CCc2cncnc2C1. The zero-order chi connectivity index (χ0) is 20.1. The summed E-state index contributed by atoms with van der Waals surface area (Å²) in [6.07, 6.45) is 14.8. The minimum atomic E-state index is 0.427. The second-order valence-electron chi connectivity index (χ2n) is 6.44. The molecule has 10 heteroatoms. The predicted molar refractivity (Wildman–Crippen MR) is 109 cm³/mol. The van der Waals surface area contributed by atoms with E-state index in [0.29, 0.717) is 24.7 Å². The quantitative estimate of drug-likeness (QED) is 0.552. The number of nitrogens with zero attached hydrogens (tertiary/aromatic N) is 9. The van der Waals surface area contributed by atoms with Crippen LogP contribution in [0, 0.1) is 0 Å². The highest BCUT2D eigenvalue weighted by Gasteiger charge is 2.23. The number of hydrogen-bond donors (Lipinski definition) is 0. The first kappa shape index (κ1) is 19.0. The molecule has 9 nitrogen and oxygen atoms in total. The maximum atomic E-state index is 6.13. The second-order valence-corrected chi connectivity index (χ2v) is 6.88. The molecule has 0 bridgehead atoms. The molecule has 3 aromatic rings. The summed E-state index contributed by atoms with van der Waals surface area (Å²) in [5, 5.41) is 17.8. The van der Waals surface area contributed by atoms with E-state index in [1.807, 2.05) is 22.9 Å². The first-order valence-electron chi connectivity index (χ1n) is 9.18. The summed E-state index contributed by atoms with van der Waals surface area (Å²) in [4.78, 5) is 12.3. The minimum Gasteiger partial charge on any atom is -0.335 e. The van der Waals surface area contributed by atoms with Crippen molar-refractivity contribution in [2.75, 3.05) is 11.4 Å². The molecule has 0 fully saturated rings. The van der Waals surface area contributed by atoms with Crippen LogP contribution in [0.1, 0.15) is 17.1 Å². The number of allylic oxidation sites excluding steroid dienone is 5. The van der Waals surface area contributed by atoms with Crippen LogP contribution in [0.3, 0.4) is 0 Å². The van der Waals surface area contributed by atoms with E-state index >= 15 is 0 Å². The van der Waals surface area contributed by atoms with Gasteiger partial charge in [0.15, 0.2) is 5.82 Å². The summed E-state index contributed by atoms with van der Waals surface area (Å²) in [5.74, 6) is 1.54. The van der Waals surface area contributed by atoms with Gasteiger partial charge in [-0.2, -0.15) is 15.0 Å². The van der Waals surface area contributed by atoms with Gasteiger partial charge in [-0.3, -0.25) is 4.57 Å². The molecule has 4 heterocycles. The van der Waals surface area contributed by atoms with E-state index in [4.69, 9.17) is 11.6 Å². The Bertz CT molecular complexity index is 1040. The van der Waals surface area contributed by atoms with Gasteiger partial charge < -0.3 is 4.90 Å². The predicted octanol–water partition coefficient (Wildman–Crippen LogP) is 2.14. The molecular formula is C19H20ClN9. The van der Waals surface area contributed by atoms with E-state index in [9.17, 15) is 0 Å². The molecular weight excluding hydrogens is 390 g/mol. The van der Waals surface area contributed by atoms with Crippen LogP contribution in [0.25, 0.3) is 0 Å². The Morgan fingerprint density at radius 2 is 2.10 bits per heavy atom. The van der Waals surface area contributed by atoms with Gasteiger partial charge in [-0.05, 0) is 24.1 Å². The lowest BCUT2D eigenvalue weighted by atomic mass is 10.1. The lowest BCUT2D eigenvalue weighted by Gasteiger charge is -2.28. The van der Waals surface area contributed by atoms with Crippen LogP contribution in [0.2, 0.25) is 0 Å². The minimum absolute atomic E-state index is 0.427. The van der Waals surface area contributed by atoms with Gasteiger partial charge in [0.1, 0.15) is 12.9 Å². The first-order valence-corrected chi connectivity index (χ1v) is 9.56. The van der Waals surface area contributed by atoms with Crippen molar-refractivity contribution >= 4 is 17.5 Å². The molecule has 0 saturated carbocycles. The number of halogens is 1. The Labute approximate surface area is 173 Å². The van der Waals surface area contributed by atoms with E-state index in [-0.39, 0.29) is 0 Å². The molecule has 29 heavy (non-hydrogen) atoms. The van der Waals surface area contributed by atoms with Crippen LogP contribution in [0.15, 0.2) is 60.8 Å². The molecule has 0 spiro atoms. The average Bonchev–Trinajstić information content (AvgIpc) is 3.39. The van der Waals surface area contributed by atoms with Crippen molar-refractivity contribution in [1.82, 2.24) is 39.7 Å². The molecule has 1 aliphatic heterocycles. The molecule has 3 aromatic heterocycles. The van der Waals surface area contributed by atoms with Crippen LogP contribution in [0.4, 0.5) is 5.95 Å². The molecule has 0 amide bonds. The van der Waals surface area contributed by atoms with Crippen LogP contribution < -0.4 is 4.90 Å². The van der Waals surface area contributed by atoms with E-state index in [0.717, 1.165) is 30.4 Å². The second kappa shape index (κ2) is 8.78. The first-order chi connectivity index (χ1) is 14.2. The topological polar surface area (TPSA) is 90.4 Å². The number of aromatic nitrogens is 8. The molecule has 0 aromatic carbocycles. The Morgan fingerprint density at radius 1 is 1.24 bits per heavy atom. The number of hydrogen-bond acceptors (Lipinski definition) is 7. The van der Waals surface area contributed by atoms with E-state index in [1.54, 1.807) is 35.7 Å². The fourth-order valence-electron chi connectivity index (χ4n) is 3.18. The highest BCUT2D eigenvalue weighted by atomic mass is 35.5. The van der Waals surface area contributed by atoms with Crippen molar-refractivity contribution < 1.29 is 0 Å². The summed E-state index contributed by atoms with van der Waals surface area (Å²) < 4.78 is 2.05. The maximum Gasteiger partial charge on any atom is 0.227 e. The molecule has 0 atom stereocenters. The van der Waals surface area contributed by atoms with E-state index in [1.165, 1.54) is 5.56 Å². The highest BCUT2D eigenvalue weighted by Crippen LogP contribution is 2.22. The molecule has 0 aliphatic carbocycles. The van der Waals surface area contributed by atoms with Crippen molar-refractivity contribution in [2.45, 2.75) is 26.1 Å². The fourth-order valence-corrected chi connectivity index (χ4v) is 3.35. The molecule has 1 aliphatic rings. The maximum absolute atomic E-state index is 6.13. The van der Waals surface area contributed by atoms with Gasteiger partial charge in [0.05, 0.1) is 24.6 Å². The van der Waals surface area contributed by atoms with Gasteiger partial charge in [0.2, 0.25) is 5.95 Å². The van der Waals surface area contributed by atoms with Crippen LogP contribution >= 0.6 is 11.6 Å². The van der Waals surface area contributed by atoms with Crippen molar-refractivity contribution in [1.29, 1.82) is 0 Å². The Hall–Kier alpha value is -3.33. The third kappa shape index (κ3) is 4.40. The Balaban J connectivity index is 1.61. The normalized spacial score (nSPS) is 14.4. The summed E-state index contributed by atoms with van der Waals surface area (Å²) in [7, 11) is 0. The summed E-state index contributed by atoms with van der Waals surface area (Å²) in [6, 6.07) is 0. The van der Waals surface area contributed by atoms with Gasteiger partial charge in [-0.15, -0.1) is 10.2 Å². The van der Waals surface area contributed by atoms with E-state index in [2.05, 4.69) is 41.8 Å². The summed E-state index contributed by atoms with van der Waals surface area (Å²) in [5.41, 5.74) is 2.20. The van der Waals surface area contributed by atoms with Crippen LogP contribution in [0.5, 0.6) is 0 Å². The Kier molecular flexibility index (Phi) is 5.76. The number of anilines is 1. The van der Waals surface area contributed by atoms with E-state index < -0.39 is 0 Å². The molecule has 0 unspecified atom stereocenters. The molecule has 4 rings (SSSR count). The zero-order valence-electron chi connectivity index (χ0n) is 15.8.